The number of ether oxygens (including phenoxy) is 1. The van der Waals surface area contributed by atoms with E-state index in [4.69, 9.17) is 10.00 Å². The number of hydrogen-bond donors (Lipinski definition) is 2. The average Bonchev–Trinajstić information content (AvgIpc) is 2.61. The van der Waals surface area contributed by atoms with Gasteiger partial charge in [0, 0.05) is 12.7 Å². The molecule has 0 aliphatic carbocycles. The van der Waals surface area contributed by atoms with Gasteiger partial charge in [0.25, 0.3) is 0 Å². The molecule has 0 fully saturated rings. The Bertz CT molecular complexity index is 708. The zero-order valence-corrected chi connectivity index (χ0v) is 14.9. The molecule has 1 aromatic carbocycles. The van der Waals surface area contributed by atoms with E-state index in [-0.39, 0.29) is 12.6 Å². The zero-order chi connectivity index (χ0) is 18.2. The molecule has 0 aliphatic rings. The molecule has 0 saturated heterocycles. The summed E-state index contributed by atoms with van der Waals surface area (Å²) in [5.41, 5.74) is 2.73. The summed E-state index contributed by atoms with van der Waals surface area (Å²) < 4.78 is 5.57. The molecule has 0 aliphatic heterocycles. The Balaban J connectivity index is 1.87. The highest BCUT2D eigenvalue weighted by atomic mass is 16.5. The van der Waals surface area contributed by atoms with Crippen LogP contribution in [0.2, 0.25) is 0 Å². The van der Waals surface area contributed by atoms with Crippen molar-refractivity contribution in [2.75, 3.05) is 13.2 Å². The van der Waals surface area contributed by atoms with Crippen molar-refractivity contribution in [1.29, 1.82) is 5.26 Å². The summed E-state index contributed by atoms with van der Waals surface area (Å²) in [5.74, 6) is 0.985. The van der Waals surface area contributed by atoms with Gasteiger partial charge < -0.3 is 15.2 Å². The van der Waals surface area contributed by atoms with Gasteiger partial charge in [0.2, 0.25) is 0 Å². The second-order valence-electron chi connectivity index (χ2n) is 6.44. The number of hydrogen-bond acceptors (Lipinski definition) is 5. The first-order valence-corrected chi connectivity index (χ1v) is 8.47. The molecule has 2 atom stereocenters. The number of nitriles is 1. The maximum atomic E-state index is 10.2. The zero-order valence-electron chi connectivity index (χ0n) is 14.9. The van der Waals surface area contributed by atoms with Crippen LogP contribution in [0.25, 0.3) is 0 Å². The van der Waals surface area contributed by atoms with Crippen molar-refractivity contribution in [2.45, 2.75) is 32.9 Å². The fourth-order valence-electron chi connectivity index (χ4n) is 2.61. The van der Waals surface area contributed by atoms with E-state index in [9.17, 15) is 5.11 Å². The van der Waals surface area contributed by atoms with Crippen LogP contribution in [-0.2, 0) is 0 Å². The van der Waals surface area contributed by atoms with Gasteiger partial charge in [-0.3, -0.25) is 4.98 Å². The van der Waals surface area contributed by atoms with Crippen molar-refractivity contribution in [1.82, 2.24) is 10.3 Å². The lowest BCUT2D eigenvalue weighted by atomic mass is 9.97. The molecule has 5 heteroatoms. The summed E-state index contributed by atoms with van der Waals surface area (Å²) in [6.07, 6.45) is 1.16. The van der Waals surface area contributed by atoms with E-state index in [1.165, 1.54) is 0 Å². The molecule has 1 heterocycles. The third-order valence-electron chi connectivity index (χ3n) is 4.01. The van der Waals surface area contributed by atoms with Crippen LogP contribution >= 0.6 is 0 Å². The average molecular weight is 339 g/mol. The first-order chi connectivity index (χ1) is 12.0. The van der Waals surface area contributed by atoms with E-state index >= 15 is 0 Å². The third-order valence-corrected chi connectivity index (χ3v) is 4.01. The highest BCUT2D eigenvalue weighted by molar-refractivity contribution is 5.34. The molecule has 2 N–H and O–H groups in total. The van der Waals surface area contributed by atoms with Gasteiger partial charge in [0.05, 0.1) is 23.4 Å². The van der Waals surface area contributed by atoms with Gasteiger partial charge in [-0.15, -0.1) is 0 Å². The lowest BCUT2D eigenvalue weighted by Gasteiger charge is -2.25. The van der Waals surface area contributed by atoms with Crippen LogP contribution in [0.3, 0.4) is 0 Å². The number of rotatable bonds is 8. The molecular weight excluding hydrogens is 314 g/mol. The Kier molecular flexibility index (Phi) is 6.93. The Morgan fingerprint density at radius 1 is 1.24 bits per heavy atom. The van der Waals surface area contributed by atoms with E-state index < -0.39 is 6.10 Å². The minimum Gasteiger partial charge on any atom is -0.491 e. The van der Waals surface area contributed by atoms with Gasteiger partial charge >= 0.3 is 0 Å². The number of benzene rings is 1. The number of aliphatic hydroxyl groups is 1. The number of nitrogens with one attached hydrogen (secondary N) is 1. The van der Waals surface area contributed by atoms with Crippen LogP contribution in [-0.4, -0.2) is 29.3 Å². The molecule has 0 radical (unpaired) electrons. The van der Waals surface area contributed by atoms with E-state index in [2.05, 4.69) is 30.2 Å². The summed E-state index contributed by atoms with van der Waals surface area (Å²) in [5, 5.41) is 22.4. The minimum atomic E-state index is -0.638. The summed E-state index contributed by atoms with van der Waals surface area (Å²) in [4.78, 5) is 4.49. The van der Waals surface area contributed by atoms with Gasteiger partial charge in [-0.25, -0.2) is 0 Å². The van der Waals surface area contributed by atoms with Crippen LogP contribution in [0.1, 0.15) is 36.7 Å². The summed E-state index contributed by atoms with van der Waals surface area (Å²) in [6.45, 7) is 6.90. The largest absolute Gasteiger partial charge is 0.491 e. The molecule has 2 unspecified atom stereocenters. The fourth-order valence-corrected chi connectivity index (χ4v) is 2.61. The fraction of sp³-hybridized carbons (Fsp3) is 0.400. The Labute approximate surface area is 149 Å². The monoisotopic (exact) mass is 339 g/mol. The first kappa shape index (κ1) is 18.9. The van der Waals surface area contributed by atoms with E-state index in [1.54, 1.807) is 30.5 Å². The smallest absolute Gasteiger partial charge is 0.119 e. The summed E-state index contributed by atoms with van der Waals surface area (Å²) >= 11 is 0. The van der Waals surface area contributed by atoms with Crippen LogP contribution < -0.4 is 10.1 Å². The van der Waals surface area contributed by atoms with Gasteiger partial charge in [0.15, 0.2) is 0 Å². The van der Waals surface area contributed by atoms with E-state index in [0.29, 0.717) is 23.8 Å². The van der Waals surface area contributed by atoms with Crippen LogP contribution in [0.15, 0.2) is 42.6 Å². The molecule has 1 aromatic heterocycles. The number of nitrogens with zero attached hydrogens (tertiary/aromatic N) is 2. The molecule has 2 aromatic rings. The molecule has 0 spiro atoms. The van der Waals surface area contributed by atoms with Gasteiger partial charge in [-0.05, 0) is 48.7 Å². The molecule has 0 saturated carbocycles. The van der Waals surface area contributed by atoms with Gasteiger partial charge in [-0.1, -0.05) is 19.9 Å². The third kappa shape index (κ3) is 5.56. The van der Waals surface area contributed by atoms with Gasteiger partial charge in [0.1, 0.15) is 18.5 Å². The first-order valence-electron chi connectivity index (χ1n) is 8.47. The normalized spacial score (nSPS) is 13.3. The lowest BCUT2D eigenvalue weighted by Crippen LogP contribution is -2.36. The van der Waals surface area contributed by atoms with Crippen molar-refractivity contribution < 1.29 is 9.84 Å². The number of aliphatic hydroxyl groups excluding tert-OH is 1. The predicted octanol–water partition coefficient (Wildman–Crippen LogP) is 2.99. The Hall–Kier alpha value is -2.42. The van der Waals surface area contributed by atoms with Crippen LogP contribution in [0.5, 0.6) is 5.75 Å². The summed E-state index contributed by atoms with van der Waals surface area (Å²) in [7, 11) is 0. The number of aryl methyl sites for hydroxylation is 1. The Morgan fingerprint density at radius 3 is 2.56 bits per heavy atom. The minimum absolute atomic E-state index is 0.0748. The van der Waals surface area contributed by atoms with E-state index in [1.807, 2.05) is 19.1 Å². The van der Waals surface area contributed by atoms with Crippen molar-refractivity contribution in [3.63, 3.8) is 0 Å². The molecule has 132 valence electrons. The van der Waals surface area contributed by atoms with Crippen LogP contribution in [0, 0.1) is 24.2 Å². The van der Waals surface area contributed by atoms with Crippen molar-refractivity contribution in [2.24, 2.45) is 5.92 Å². The van der Waals surface area contributed by atoms with Crippen molar-refractivity contribution in [3.8, 4) is 11.8 Å². The van der Waals surface area contributed by atoms with Gasteiger partial charge in [-0.2, -0.15) is 5.26 Å². The molecule has 0 amide bonds. The Morgan fingerprint density at radius 2 is 1.96 bits per heavy atom. The highest BCUT2D eigenvalue weighted by Crippen LogP contribution is 2.22. The van der Waals surface area contributed by atoms with E-state index in [0.717, 1.165) is 11.3 Å². The lowest BCUT2D eigenvalue weighted by molar-refractivity contribution is 0.101. The SMILES string of the molecule is Cc1cccnc1C(NCC(O)COc1ccc(C#N)cc1)C(C)C. The second-order valence-corrected chi connectivity index (χ2v) is 6.44. The topological polar surface area (TPSA) is 78.2 Å². The quantitative estimate of drug-likeness (QED) is 0.773. The summed E-state index contributed by atoms with van der Waals surface area (Å²) in [6, 6.07) is 13.0. The molecule has 2 rings (SSSR count). The van der Waals surface area contributed by atoms with Crippen LogP contribution in [0.4, 0.5) is 0 Å². The molecular formula is C20H25N3O2. The molecule has 25 heavy (non-hydrogen) atoms. The maximum absolute atomic E-state index is 10.2. The van der Waals surface area contributed by atoms with Crippen molar-refractivity contribution in [3.05, 3.63) is 59.4 Å². The predicted molar refractivity (Wildman–Crippen MR) is 97.2 cm³/mol. The second kappa shape index (κ2) is 9.16. The number of pyridine rings is 1. The maximum Gasteiger partial charge on any atom is 0.119 e. The molecule has 5 nitrogen and oxygen atoms in total. The number of aromatic nitrogens is 1. The van der Waals surface area contributed by atoms with Crippen molar-refractivity contribution >= 4 is 0 Å². The molecule has 0 bridgehead atoms. The standard InChI is InChI=1S/C20H25N3O2/c1-14(2)19(20-15(3)5-4-10-22-20)23-12-17(24)13-25-18-8-6-16(11-21)7-9-18/h4-10,14,17,19,23-24H,12-13H2,1-3H3. The highest BCUT2D eigenvalue weighted by Gasteiger charge is 2.19.